The van der Waals surface area contributed by atoms with Crippen molar-refractivity contribution in [2.24, 2.45) is 11.8 Å². The van der Waals surface area contributed by atoms with E-state index in [1.54, 1.807) is 0 Å². The summed E-state index contributed by atoms with van der Waals surface area (Å²) < 4.78 is 5.94. The largest absolute Gasteiger partial charge is 0.489 e. The van der Waals surface area contributed by atoms with E-state index in [0.29, 0.717) is 19.2 Å². The van der Waals surface area contributed by atoms with E-state index in [2.05, 4.69) is 21.9 Å². The van der Waals surface area contributed by atoms with Gasteiger partial charge in [-0.15, -0.1) is 0 Å². The lowest BCUT2D eigenvalue weighted by molar-refractivity contribution is -0.140. The highest BCUT2D eigenvalue weighted by Gasteiger charge is 2.46. The highest BCUT2D eigenvalue weighted by molar-refractivity contribution is 6.05. The zero-order valence-corrected chi connectivity index (χ0v) is 16.1. The number of piperazine rings is 1. The third kappa shape index (κ3) is 3.00. The third-order valence-corrected chi connectivity index (χ3v) is 6.63. The van der Waals surface area contributed by atoms with E-state index in [-0.39, 0.29) is 23.7 Å². The van der Waals surface area contributed by atoms with Gasteiger partial charge in [-0.05, 0) is 37.9 Å². The van der Waals surface area contributed by atoms with Crippen LogP contribution in [0.25, 0.3) is 0 Å². The fourth-order valence-corrected chi connectivity index (χ4v) is 5.13. The molecule has 0 bridgehead atoms. The number of nitrogens with zero attached hydrogens (tertiary/aromatic N) is 3. The lowest BCUT2D eigenvalue weighted by Crippen LogP contribution is -2.57. The third-order valence-electron chi connectivity index (χ3n) is 6.63. The molecule has 6 heteroatoms. The number of carbonyl (C=O) groups excluding carboxylic acids is 2. The second-order valence-corrected chi connectivity index (χ2v) is 8.26. The zero-order valence-electron chi connectivity index (χ0n) is 16.1. The maximum Gasteiger partial charge on any atom is 0.233 e. The molecule has 0 N–H and O–H groups in total. The first kappa shape index (κ1) is 17.7. The number of likely N-dealkylation sites (tertiary alicyclic amines) is 1. The van der Waals surface area contributed by atoms with Crippen LogP contribution in [0.5, 0.6) is 5.75 Å². The van der Waals surface area contributed by atoms with Crippen LogP contribution in [0, 0.1) is 11.8 Å². The minimum absolute atomic E-state index is 0.0430. The number of ether oxygens (including phenoxy) is 1. The lowest BCUT2D eigenvalue weighted by atomic mass is 9.85. The molecule has 3 atom stereocenters. The van der Waals surface area contributed by atoms with E-state index in [4.69, 9.17) is 4.74 Å². The molecule has 4 aliphatic rings. The van der Waals surface area contributed by atoms with Crippen molar-refractivity contribution in [2.75, 3.05) is 44.2 Å². The zero-order chi connectivity index (χ0) is 19.1. The Hall–Kier alpha value is -2.34. The molecular formula is C22H27N3O3. The van der Waals surface area contributed by atoms with Crippen LogP contribution in [0.2, 0.25) is 0 Å². The van der Waals surface area contributed by atoms with Gasteiger partial charge in [-0.1, -0.05) is 24.3 Å². The van der Waals surface area contributed by atoms with E-state index >= 15 is 0 Å². The summed E-state index contributed by atoms with van der Waals surface area (Å²) in [6.45, 7) is 5.13. The second kappa shape index (κ2) is 7.24. The molecule has 1 aromatic carbocycles. The molecule has 1 aliphatic carbocycles. The molecule has 3 aliphatic heterocycles. The monoisotopic (exact) mass is 381 g/mol. The predicted octanol–water partition coefficient (Wildman–Crippen LogP) is 1.91. The molecule has 3 unspecified atom stereocenters. The van der Waals surface area contributed by atoms with E-state index in [0.717, 1.165) is 51.2 Å². The van der Waals surface area contributed by atoms with Gasteiger partial charge in [0.2, 0.25) is 11.8 Å². The summed E-state index contributed by atoms with van der Waals surface area (Å²) in [6.07, 6.45) is 6.36. The minimum atomic E-state index is -0.111. The SMILES string of the molecule is O=C1C2CC=CCC2C(=O)N1CCCN1CCN2c3ccccc3OCC2C1. The van der Waals surface area contributed by atoms with Crippen LogP contribution in [0.4, 0.5) is 5.69 Å². The number of imide groups is 1. The van der Waals surface area contributed by atoms with Crippen LogP contribution in [0.1, 0.15) is 19.3 Å². The summed E-state index contributed by atoms with van der Waals surface area (Å²) in [4.78, 5) is 31.6. The molecule has 0 aromatic heterocycles. The Labute approximate surface area is 165 Å². The van der Waals surface area contributed by atoms with Crippen molar-refractivity contribution in [1.29, 1.82) is 0 Å². The Morgan fingerprint density at radius 2 is 1.71 bits per heavy atom. The molecule has 1 aromatic rings. The molecule has 6 nitrogen and oxygen atoms in total. The Morgan fingerprint density at radius 3 is 2.50 bits per heavy atom. The fourth-order valence-electron chi connectivity index (χ4n) is 5.13. The lowest BCUT2D eigenvalue weighted by Gasteiger charge is -2.45. The van der Waals surface area contributed by atoms with Crippen molar-refractivity contribution in [1.82, 2.24) is 9.80 Å². The molecule has 0 radical (unpaired) electrons. The van der Waals surface area contributed by atoms with Gasteiger partial charge in [0.05, 0.1) is 23.6 Å². The Balaban J connectivity index is 1.14. The number of hydrogen-bond acceptors (Lipinski definition) is 5. The summed E-state index contributed by atoms with van der Waals surface area (Å²) in [6, 6.07) is 8.62. The van der Waals surface area contributed by atoms with Crippen LogP contribution in [-0.4, -0.2) is 67.0 Å². The van der Waals surface area contributed by atoms with E-state index in [1.807, 2.05) is 24.3 Å². The second-order valence-electron chi connectivity index (χ2n) is 8.26. The van der Waals surface area contributed by atoms with Crippen LogP contribution in [0.3, 0.4) is 0 Å². The molecule has 5 rings (SSSR count). The highest BCUT2D eigenvalue weighted by Crippen LogP contribution is 2.36. The molecule has 2 amide bonds. The van der Waals surface area contributed by atoms with Gasteiger partial charge in [-0.2, -0.15) is 0 Å². The van der Waals surface area contributed by atoms with Crippen molar-refractivity contribution < 1.29 is 14.3 Å². The van der Waals surface area contributed by atoms with Crippen molar-refractivity contribution in [3.63, 3.8) is 0 Å². The average molecular weight is 381 g/mol. The van der Waals surface area contributed by atoms with Crippen molar-refractivity contribution >= 4 is 17.5 Å². The van der Waals surface area contributed by atoms with Crippen LogP contribution >= 0.6 is 0 Å². The Morgan fingerprint density at radius 1 is 0.964 bits per heavy atom. The summed E-state index contributed by atoms with van der Waals surface area (Å²) in [5, 5.41) is 0. The Kier molecular flexibility index (Phi) is 4.59. The van der Waals surface area contributed by atoms with Crippen molar-refractivity contribution in [3.05, 3.63) is 36.4 Å². The number of hydrogen-bond donors (Lipinski definition) is 0. The number of rotatable bonds is 4. The molecule has 0 spiro atoms. The minimum Gasteiger partial charge on any atom is -0.489 e. The molecule has 28 heavy (non-hydrogen) atoms. The molecular weight excluding hydrogens is 354 g/mol. The van der Waals surface area contributed by atoms with Gasteiger partial charge in [0.25, 0.3) is 0 Å². The number of carbonyl (C=O) groups is 2. The molecule has 3 heterocycles. The normalized spacial score (nSPS) is 29.4. The van der Waals surface area contributed by atoms with Crippen LogP contribution in [0.15, 0.2) is 36.4 Å². The summed E-state index contributed by atoms with van der Waals surface area (Å²) in [5.41, 5.74) is 1.20. The summed E-state index contributed by atoms with van der Waals surface area (Å²) in [5.74, 6) is 0.845. The molecule has 148 valence electrons. The maximum absolute atomic E-state index is 12.6. The van der Waals surface area contributed by atoms with Gasteiger partial charge >= 0.3 is 0 Å². The Bertz CT molecular complexity index is 782. The smallest absolute Gasteiger partial charge is 0.233 e. The summed E-state index contributed by atoms with van der Waals surface area (Å²) in [7, 11) is 0. The van der Waals surface area contributed by atoms with Gasteiger partial charge in [0.15, 0.2) is 0 Å². The number of allylic oxidation sites excluding steroid dienone is 2. The first-order chi connectivity index (χ1) is 13.7. The number of para-hydroxylation sites is 2. The van der Waals surface area contributed by atoms with Gasteiger partial charge in [0, 0.05) is 26.2 Å². The number of amides is 2. The van der Waals surface area contributed by atoms with E-state index in [1.165, 1.54) is 10.6 Å². The quantitative estimate of drug-likeness (QED) is 0.589. The van der Waals surface area contributed by atoms with Crippen LogP contribution in [-0.2, 0) is 9.59 Å². The average Bonchev–Trinajstić information content (AvgIpc) is 2.98. The summed E-state index contributed by atoms with van der Waals surface area (Å²) >= 11 is 0. The van der Waals surface area contributed by atoms with E-state index < -0.39 is 0 Å². The van der Waals surface area contributed by atoms with Crippen molar-refractivity contribution in [2.45, 2.75) is 25.3 Å². The van der Waals surface area contributed by atoms with E-state index in [9.17, 15) is 9.59 Å². The molecule has 2 fully saturated rings. The maximum atomic E-state index is 12.6. The van der Waals surface area contributed by atoms with Crippen molar-refractivity contribution in [3.8, 4) is 5.75 Å². The predicted molar refractivity (Wildman–Crippen MR) is 106 cm³/mol. The highest BCUT2D eigenvalue weighted by atomic mass is 16.5. The molecule has 2 saturated heterocycles. The van der Waals surface area contributed by atoms with Gasteiger partial charge in [-0.3, -0.25) is 19.4 Å². The first-order valence-corrected chi connectivity index (χ1v) is 10.4. The van der Waals surface area contributed by atoms with Gasteiger partial charge in [-0.25, -0.2) is 0 Å². The number of fused-ring (bicyclic) bond motifs is 4. The first-order valence-electron chi connectivity index (χ1n) is 10.4. The van der Waals surface area contributed by atoms with Crippen LogP contribution < -0.4 is 9.64 Å². The molecule has 0 saturated carbocycles. The topological polar surface area (TPSA) is 53.1 Å². The number of benzene rings is 1. The standard InChI is InChI=1S/C22H27N3O3/c26-21-17-6-1-2-7-18(17)22(27)25(21)11-5-10-23-12-13-24-16(14-23)15-28-20-9-4-3-8-19(20)24/h1-4,8-9,16-18H,5-7,10-15H2. The van der Waals surface area contributed by atoms with Gasteiger partial charge in [0.1, 0.15) is 12.4 Å². The van der Waals surface area contributed by atoms with Gasteiger partial charge < -0.3 is 9.64 Å². The fraction of sp³-hybridized carbons (Fsp3) is 0.545. The number of anilines is 1.